The summed E-state index contributed by atoms with van der Waals surface area (Å²) in [6.45, 7) is 5.12. The summed E-state index contributed by atoms with van der Waals surface area (Å²) in [5, 5.41) is 9.28. The van der Waals surface area contributed by atoms with Crippen molar-refractivity contribution < 1.29 is 4.79 Å². The SMILES string of the molecule is Cc1ccc(Cn2c(=N)c(C(=O)N3CCN(C)CC3)cc3c(=O)n4ccccc4nc32)cc1. The summed E-state index contributed by atoms with van der Waals surface area (Å²) in [4.78, 5) is 35.4. The molecule has 4 heterocycles. The zero-order chi connectivity index (χ0) is 23.1. The highest BCUT2D eigenvalue weighted by Gasteiger charge is 2.24. The van der Waals surface area contributed by atoms with Crippen molar-refractivity contribution in [3.8, 4) is 0 Å². The van der Waals surface area contributed by atoms with Gasteiger partial charge in [0.25, 0.3) is 11.5 Å². The van der Waals surface area contributed by atoms with E-state index < -0.39 is 0 Å². The van der Waals surface area contributed by atoms with Crippen LogP contribution in [0.5, 0.6) is 0 Å². The van der Waals surface area contributed by atoms with Gasteiger partial charge < -0.3 is 14.4 Å². The largest absolute Gasteiger partial charge is 0.336 e. The van der Waals surface area contributed by atoms with Gasteiger partial charge in [0.2, 0.25) is 0 Å². The third kappa shape index (κ3) is 3.82. The van der Waals surface area contributed by atoms with E-state index in [1.165, 1.54) is 4.40 Å². The first-order chi connectivity index (χ1) is 15.9. The number of hydrogen-bond donors (Lipinski definition) is 1. The van der Waals surface area contributed by atoms with Crippen LogP contribution in [0.2, 0.25) is 0 Å². The number of carbonyl (C=O) groups is 1. The maximum absolute atomic E-state index is 13.4. The van der Waals surface area contributed by atoms with Gasteiger partial charge in [-0.3, -0.25) is 19.4 Å². The molecular formula is C25H26N6O2. The Labute approximate surface area is 190 Å². The van der Waals surface area contributed by atoms with E-state index in [0.29, 0.717) is 36.3 Å². The molecule has 33 heavy (non-hydrogen) atoms. The number of hydrogen-bond acceptors (Lipinski definition) is 5. The quantitative estimate of drug-likeness (QED) is 0.491. The molecule has 1 N–H and O–H groups in total. The fraction of sp³-hybridized carbons (Fsp3) is 0.280. The Bertz CT molecular complexity index is 1480. The molecule has 0 spiro atoms. The summed E-state index contributed by atoms with van der Waals surface area (Å²) >= 11 is 0. The van der Waals surface area contributed by atoms with Crippen molar-refractivity contribution in [3.05, 3.63) is 87.3 Å². The van der Waals surface area contributed by atoms with Gasteiger partial charge in [-0.15, -0.1) is 0 Å². The molecule has 5 rings (SSSR count). The molecule has 1 aliphatic heterocycles. The molecule has 8 nitrogen and oxygen atoms in total. The maximum atomic E-state index is 13.4. The molecule has 1 saturated heterocycles. The Kier molecular flexibility index (Phi) is 5.30. The minimum atomic E-state index is -0.249. The van der Waals surface area contributed by atoms with Gasteiger partial charge in [0.05, 0.1) is 17.5 Å². The highest BCUT2D eigenvalue weighted by molar-refractivity contribution is 5.97. The van der Waals surface area contributed by atoms with Crippen LogP contribution < -0.4 is 11.0 Å². The van der Waals surface area contributed by atoms with Crippen LogP contribution >= 0.6 is 0 Å². The number of likely N-dealkylation sites (N-methyl/N-ethyl adjacent to an activating group) is 1. The second kappa shape index (κ2) is 8.29. The zero-order valence-corrected chi connectivity index (χ0v) is 18.8. The fourth-order valence-corrected chi connectivity index (χ4v) is 4.26. The molecule has 1 fully saturated rings. The van der Waals surface area contributed by atoms with Gasteiger partial charge in [0.15, 0.2) is 0 Å². The smallest absolute Gasteiger partial charge is 0.267 e. The Morgan fingerprint density at radius 3 is 2.52 bits per heavy atom. The number of piperazine rings is 1. The molecule has 1 amide bonds. The average Bonchev–Trinajstić information content (AvgIpc) is 2.82. The van der Waals surface area contributed by atoms with E-state index in [1.54, 1.807) is 33.9 Å². The first kappa shape index (κ1) is 21.1. The van der Waals surface area contributed by atoms with Crippen molar-refractivity contribution in [1.82, 2.24) is 23.8 Å². The first-order valence-corrected chi connectivity index (χ1v) is 11.1. The number of pyridine rings is 2. The summed E-state index contributed by atoms with van der Waals surface area (Å²) in [5.74, 6) is -0.217. The second-order valence-electron chi connectivity index (χ2n) is 8.66. The topological polar surface area (TPSA) is 86.7 Å². The van der Waals surface area contributed by atoms with Gasteiger partial charge in [0.1, 0.15) is 16.8 Å². The number of aryl methyl sites for hydroxylation is 1. The van der Waals surface area contributed by atoms with Crippen LogP contribution in [0, 0.1) is 12.3 Å². The number of amides is 1. The normalized spacial score (nSPS) is 14.8. The van der Waals surface area contributed by atoms with Crippen LogP contribution in [0.4, 0.5) is 0 Å². The van der Waals surface area contributed by atoms with E-state index in [-0.39, 0.29) is 22.5 Å². The zero-order valence-electron chi connectivity index (χ0n) is 18.8. The summed E-state index contributed by atoms with van der Waals surface area (Å²) in [7, 11) is 2.03. The van der Waals surface area contributed by atoms with Crippen LogP contribution in [0.25, 0.3) is 16.7 Å². The highest BCUT2D eigenvalue weighted by atomic mass is 16.2. The number of benzene rings is 1. The van der Waals surface area contributed by atoms with E-state index in [1.807, 2.05) is 44.3 Å². The van der Waals surface area contributed by atoms with E-state index >= 15 is 0 Å². The summed E-state index contributed by atoms with van der Waals surface area (Å²) in [6.07, 6.45) is 1.67. The lowest BCUT2D eigenvalue weighted by Crippen LogP contribution is -2.48. The molecule has 0 unspecified atom stereocenters. The first-order valence-electron chi connectivity index (χ1n) is 11.1. The highest BCUT2D eigenvalue weighted by Crippen LogP contribution is 2.15. The van der Waals surface area contributed by atoms with E-state index in [4.69, 9.17) is 10.4 Å². The monoisotopic (exact) mass is 442 g/mol. The van der Waals surface area contributed by atoms with Gasteiger partial charge in [0, 0.05) is 32.4 Å². The molecule has 168 valence electrons. The van der Waals surface area contributed by atoms with Gasteiger partial charge in [-0.25, -0.2) is 4.98 Å². The molecule has 4 aromatic rings. The van der Waals surface area contributed by atoms with Crippen molar-refractivity contribution in [2.75, 3.05) is 33.2 Å². The van der Waals surface area contributed by atoms with E-state index in [2.05, 4.69) is 4.90 Å². The van der Waals surface area contributed by atoms with Crippen molar-refractivity contribution in [1.29, 1.82) is 5.41 Å². The van der Waals surface area contributed by atoms with Crippen LogP contribution in [0.1, 0.15) is 21.5 Å². The van der Waals surface area contributed by atoms with Crippen molar-refractivity contribution in [3.63, 3.8) is 0 Å². The molecule has 0 aliphatic carbocycles. The number of fused-ring (bicyclic) bond motifs is 2. The fourth-order valence-electron chi connectivity index (χ4n) is 4.26. The minimum absolute atomic E-state index is 0.0687. The third-order valence-corrected chi connectivity index (χ3v) is 6.30. The Morgan fingerprint density at radius 2 is 1.79 bits per heavy atom. The number of carbonyl (C=O) groups excluding carboxylic acids is 1. The van der Waals surface area contributed by atoms with Crippen LogP contribution in [-0.4, -0.2) is 62.9 Å². The summed E-state index contributed by atoms with van der Waals surface area (Å²) in [5.41, 5.74) is 3.08. The Morgan fingerprint density at radius 1 is 1.06 bits per heavy atom. The van der Waals surface area contributed by atoms with E-state index in [9.17, 15) is 9.59 Å². The molecule has 1 aliphatic rings. The number of rotatable bonds is 3. The molecule has 0 radical (unpaired) electrons. The van der Waals surface area contributed by atoms with Crippen molar-refractivity contribution >= 4 is 22.6 Å². The lowest BCUT2D eigenvalue weighted by molar-refractivity contribution is 0.0661. The third-order valence-electron chi connectivity index (χ3n) is 6.30. The van der Waals surface area contributed by atoms with Crippen molar-refractivity contribution in [2.24, 2.45) is 0 Å². The van der Waals surface area contributed by atoms with Crippen LogP contribution in [0.15, 0.2) is 59.5 Å². The van der Waals surface area contributed by atoms with Crippen LogP contribution in [0.3, 0.4) is 0 Å². The number of nitrogens with zero attached hydrogens (tertiary/aromatic N) is 5. The molecule has 3 aromatic heterocycles. The Hall–Kier alpha value is -3.78. The molecular weight excluding hydrogens is 416 g/mol. The maximum Gasteiger partial charge on any atom is 0.267 e. The predicted molar refractivity (Wildman–Crippen MR) is 126 cm³/mol. The number of nitrogens with one attached hydrogen (secondary N) is 1. The van der Waals surface area contributed by atoms with E-state index in [0.717, 1.165) is 24.2 Å². The lowest BCUT2D eigenvalue weighted by Gasteiger charge is -2.32. The molecule has 8 heteroatoms. The predicted octanol–water partition coefficient (Wildman–Crippen LogP) is 1.87. The van der Waals surface area contributed by atoms with Gasteiger partial charge >= 0.3 is 0 Å². The minimum Gasteiger partial charge on any atom is -0.336 e. The van der Waals surface area contributed by atoms with Crippen molar-refractivity contribution in [2.45, 2.75) is 13.5 Å². The molecule has 1 aromatic carbocycles. The molecule has 0 bridgehead atoms. The summed E-state index contributed by atoms with van der Waals surface area (Å²) in [6, 6.07) is 14.9. The van der Waals surface area contributed by atoms with Gasteiger partial charge in [-0.2, -0.15) is 0 Å². The number of aromatic nitrogens is 3. The second-order valence-corrected chi connectivity index (χ2v) is 8.66. The molecule has 0 atom stereocenters. The standard InChI is InChI=1S/C25H26N6O2/c1-17-6-8-18(9-7-17)16-31-22(26)19(24(32)29-13-11-28(2)12-14-29)15-20-23(31)27-21-5-3-4-10-30(21)25(20)33/h3-10,15,26H,11-14,16H2,1-2H3. The van der Waals surface area contributed by atoms with Gasteiger partial charge in [-0.05, 0) is 37.7 Å². The molecule has 0 saturated carbocycles. The summed E-state index contributed by atoms with van der Waals surface area (Å²) < 4.78 is 3.16. The average molecular weight is 443 g/mol. The van der Waals surface area contributed by atoms with Crippen LogP contribution in [-0.2, 0) is 6.54 Å². The lowest BCUT2D eigenvalue weighted by atomic mass is 10.1. The van der Waals surface area contributed by atoms with Gasteiger partial charge in [-0.1, -0.05) is 35.9 Å². The Balaban J connectivity index is 1.73.